The molecule has 2 fully saturated rings. The van der Waals surface area contributed by atoms with Crippen LogP contribution in [0.4, 0.5) is 0 Å². The molecule has 3 aliphatic carbocycles. The average Bonchev–Trinajstić information content (AvgIpc) is 2.91. The van der Waals surface area contributed by atoms with Gasteiger partial charge < -0.3 is 5.32 Å². The van der Waals surface area contributed by atoms with Crippen molar-refractivity contribution in [2.24, 2.45) is 17.8 Å². The van der Waals surface area contributed by atoms with Crippen molar-refractivity contribution in [3.05, 3.63) is 47.0 Å². The van der Waals surface area contributed by atoms with E-state index >= 15 is 0 Å². The molecule has 5 rings (SSSR count). The smallest absolute Gasteiger partial charge is 0.0357 e. The molecule has 2 saturated carbocycles. The van der Waals surface area contributed by atoms with Gasteiger partial charge in [0, 0.05) is 6.04 Å². The third kappa shape index (κ3) is 1.61. The number of aryl methyl sites for hydroxylation is 2. The number of fused-ring (bicyclic) bond motifs is 1. The van der Waals surface area contributed by atoms with Crippen LogP contribution in [0, 0.1) is 17.8 Å². The highest BCUT2D eigenvalue weighted by molar-refractivity contribution is 5.93. The van der Waals surface area contributed by atoms with Crippen molar-refractivity contribution in [2.75, 3.05) is 7.05 Å². The Balaban J connectivity index is 1.64. The van der Waals surface area contributed by atoms with Crippen LogP contribution in [0.1, 0.15) is 42.0 Å². The van der Waals surface area contributed by atoms with Gasteiger partial charge in [-0.05, 0) is 77.9 Å². The van der Waals surface area contributed by atoms with Gasteiger partial charge in [0.25, 0.3) is 0 Å². The number of rotatable bonds is 3. The average molecular weight is 277 g/mol. The van der Waals surface area contributed by atoms with E-state index in [-0.39, 0.29) is 0 Å². The Hall–Kier alpha value is -1.34. The molecule has 0 spiro atoms. The number of hydrogen-bond donors (Lipinski definition) is 1. The van der Waals surface area contributed by atoms with Crippen molar-refractivity contribution >= 4 is 10.8 Å². The highest BCUT2D eigenvalue weighted by Gasteiger charge is 2.55. The minimum Gasteiger partial charge on any atom is -0.313 e. The highest BCUT2D eigenvalue weighted by atomic mass is 14.9. The molecule has 3 atom stereocenters. The summed E-state index contributed by atoms with van der Waals surface area (Å²) in [4.78, 5) is 0. The van der Waals surface area contributed by atoms with Gasteiger partial charge in [0.1, 0.15) is 0 Å². The first-order chi connectivity index (χ1) is 10.4. The Bertz CT molecular complexity index is 697. The van der Waals surface area contributed by atoms with Gasteiger partial charge >= 0.3 is 0 Å². The Kier molecular flexibility index (Phi) is 2.52. The molecule has 0 amide bonds. The molecule has 0 heterocycles. The van der Waals surface area contributed by atoms with E-state index < -0.39 is 0 Å². The lowest BCUT2D eigenvalue weighted by Gasteiger charge is -2.21. The van der Waals surface area contributed by atoms with E-state index in [0.29, 0.717) is 6.04 Å². The van der Waals surface area contributed by atoms with Crippen LogP contribution in [-0.2, 0) is 12.8 Å². The fourth-order valence-corrected chi connectivity index (χ4v) is 5.47. The van der Waals surface area contributed by atoms with Crippen LogP contribution in [0.5, 0.6) is 0 Å². The minimum absolute atomic E-state index is 0.560. The van der Waals surface area contributed by atoms with E-state index in [1.165, 1.54) is 37.5 Å². The predicted octanol–water partition coefficient (Wildman–Crippen LogP) is 4.25. The second kappa shape index (κ2) is 4.33. The zero-order valence-corrected chi connectivity index (χ0v) is 12.7. The molecule has 0 bridgehead atoms. The van der Waals surface area contributed by atoms with Crippen LogP contribution >= 0.6 is 0 Å². The maximum Gasteiger partial charge on any atom is 0.0357 e. The molecule has 21 heavy (non-hydrogen) atoms. The number of nitrogens with one attached hydrogen (secondary N) is 1. The first-order valence-corrected chi connectivity index (χ1v) is 8.59. The van der Waals surface area contributed by atoms with Gasteiger partial charge in [0.2, 0.25) is 0 Å². The number of hydrogen-bond acceptors (Lipinski definition) is 1. The molecule has 2 aromatic carbocycles. The molecule has 3 aliphatic rings. The van der Waals surface area contributed by atoms with E-state index in [1.807, 2.05) is 0 Å². The van der Waals surface area contributed by atoms with Gasteiger partial charge in [-0.15, -0.1) is 0 Å². The normalized spacial score (nSPS) is 30.6. The lowest BCUT2D eigenvalue weighted by molar-refractivity contribution is 0.447. The minimum atomic E-state index is 0.560. The second-order valence-corrected chi connectivity index (χ2v) is 7.26. The van der Waals surface area contributed by atoms with Crippen LogP contribution in [0.3, 0.4) is 0 Å². The van der Waals surface area contributed by atoms with Crippen molar-refractivity contribution in [3.8, 4) is 0 Å². The van der Waals surface area contributed by atoms with E-state index in [4.69, 9.17) is 0 Å². The van der Waals surface area contributed by atoms with Gasteiger partial charge in [0.05, 0.1) is 0 Å². The lowest BCUT2D eigenvalue weighted by atomic mass is 9.91. The Labute approximate surface area is 126 Å². The first kappa shape index (κ1) is 12.2. The van der Waals surface area contributed by atoms with Gasteiger partial charge in [-0.1, -0.05) is 36.8 Å². The van der Waals surface area contributed by atoms with Crippen molar-refractivity contribution in [3.63, 3.8) is 0 Å². The molecule has 3 unspecified atom stereocenters. The number of benzene rings is 2. The maximum absolute atomic E-state index is 3.66. The molecule has 108 valence electrons. The zero-order chi connectivity index (χ0) is 14.0. The van der Waals surface area contributed by atoms with Crippen LogP contribution < -0.4 is 5.32 Å². The Morgan fingerprint density at radius 2 is 1.76 bits per heavy atom. The van der Waals surface area contributed by atoms with Crippen LogP contribution in [0.2, 0.25) is 0 Å². The summed E-state index contributed by atoms with van der Waals surface area (Å²) in [5.74, 6) is 2.90. The summed E-state index contributed by atoms with van der Waals surface area (Å²) in [5.41, 5.74) is 4.68. The summed E-state index contributed by atoms with van der Waals surface area (Å²) < 4.78 is 0. The SMILES string of the molecule is CNC(c1ccc2c3c(cccc13)CC2)C1C2CCCC21. The molecule has 2 aromatic rings. The molecule has 0 radical (unpaired) electrons. The maximum atomic E-state index is 3.66. The van der Waals surface area contributed by atoms with Crippen molar-refractivity contribution in [1.82, 2.24) is 5.32 Å². The molecule has 0 saturated heterocycles. The van der Waals surface area contributed by atoms with E-state index in [1.54, 1.807) is 22.1 Å². The van der Waals surface area contributed by atoms with Crippen LogP contribution in [0.15, 0.2) is 30.3 Å². The predicted molar refractivity (Wildman–Crippen MR) is 87.5 cm³/mol. The summed E-state index contributed by atoms with van der Waals surface area (Å²) in [7, 11) is 2.15. The Morgan fingerprint density at radius 3 is 2.52 bits per heavy atom. The fourth-order valence-electron chi connectivity index (χ4n) is 5.47. The van der Waals surface area contributed by atoms with E-state index in [9.17, 15) is 0 Å². The van der Waals surface area contributed by atoms with Crippen LogP contribution in [0.25, 0.3) is 10.8 Å². The highest BCUT2D eigenvalue weighted by Crippen LogP contribution is 2.62. The Morgan fingerprint density at radius 1 is 1.00 bits per heavy atom. The molecule has 0 aromatic heterocycles. The van der Waals surface area contributed by atoms with Gasteiger partial charge in [0.15, 0.2) is 0 Å². The lowest BCUT2D eigenvalue weighted by Crippen LogP contribution is -2.21. The van der Waals surface area contributed by atoms with E-state index in [2.05, 4.69) is 42.7 Å². The standard InChI is InChI=1S/C20H23N/c1-21-20(19-14-6-3-7-15(14)19)17-11-10-13-9-8-12-4-2-5-16(17)18(12)13/h2,4-5,10-11,14-15,19-21H,3,6-9H2,1H3. The summed E-state index contributed by atoms with van der Waals surface area (Å²) in [6.07, 6.45) is 6.86. The molecule has 1 nitrogen and oxygen atoms in total. The topological polar surface area (TPSA) is 12.0 Å². The monoisotopic (exact) mass is 277 g/mol. The molecule has 0 aliphatic heterocycles. The summed E-state index contributed by atoms with van der Waals surface area (Å²) >= 11 is 0. The fraction of sp³-hybridized carbons (Fsp3) is 0.500. The molecular formula is C20H23N. The van der Waals surface area contributed by atoms with Crippen LogP contribution in [-0.4, -0.2) is 7.05 Å². The quantitative estimate of drug-likeness (QED) is 0.884. The molecule has 1 N–H and O–H groups in total. The van der Waals surface area contributed by atoms with Gasteiger partial charge in [-0.3, -0.25) is 0 Å². The molecular weight excluding hydrogens is 254 g/mol. The third-order valence-corrected chi connectivity index (χ3v) is 6.41. The summed E-state index contributed by atoms with van der Waals surface area (Å²) in [5, 5.41) is 6.75. The molecule has 1 heteroatoms. The summed E-state index contributed by atoms with van der Waals surface area (Å²) in [6.45, 7) is 0. The van der Waals surface area contributed by atoms with Gasteiger partial charge in [-0.25, -0.2) is 0 Å². The van der Waals surface area contributed by atoms with Crippen molar-refractivity contribution in [1.29, 1.82) is 0 Å². The second-order valence-electron chi connectivity index (χ2n) is 7.26. The largest absolute Gasteiger partial charge is 0.313 e. The summed E-state index contributed by atoms with van der Waals surface area (Å²) in [6, 6.07) is 12.3. The first-order valence-electron chi connectivity index (χ1n) is 8.59. The van der Waals surface area contributed by atoms with Gasteiger partial charge in [-0.2, -0.15) is 0 Å². The van der Waals surface area contributed by atoms with Crippen molar-refractivity contribution in [2.45, 2.75) is 38.1 Å². The van der Waals surface area contributed by atoms with E-state index in [0.717, 1.165) is 17.8 Å². The zero-order valence-electron chi connectivity index (χ0n) is 12.7. The third-order valence-electron chi connectivity index (χ3n) is 6.41. The van der Waals surface area contributed by atoms with Crippen molar-refractivity contribution < 1.29 is 0 Å².